The van der Waals surface area contributed by atoms with E-state index >= 15 is 0 Å². The summed E-state index contributed by atoms with van der Waals surface area (Å²) in [5, 5.41) is 0. The Morgan fingerprint density at radius 2 is 2.17 bits per heavy atom. The highest BCUT2D eigenvalue weighted by Gasteiger charge is 2.42. The average molecular weight is 164 g/mol. The monoisotopic (exact) mass is 164 g/mol. The van der Waals surface area contributed by atoms with E-state index in [0.29, 0.717) is 5.41 Å². The molecule has 0 aromatic rings. The number of hydrogen-bond acceptors (Lipinski definition) is 2. The fourth-order valence-electron chi connectivity index (χ4n) is 2.41. The lowest BCUT2D eigenvalue weighted by atomic mass is 9.68. The van der Waals surface area contributed by atoms with Crippen LogP contribution >= 0.6 is 0 Å². The van der Waals surface area contributed by atoms with Crippen molar-refractivity contribution in [3.05, 3.63) is 0 Å². The molecule has 2 heteroatoms. The Balaban J connectivity index is 1.84. The van der Waals surface area contributed by atoms with Crippen LogP contribution in [-0.2, 0) is 0 Å². The minimum absolute atomic E-state index is 0.705. The van der Waals surface area contributed by atoms with E-state index in [9.17, 15) is 0 Å². The molecule has 1 heterocycles. The molecule has 66 valence electrons. The molecule has 1 spiro atoms. The van der Waals surface area contributed by atoms with Gasteiger partial charge < -0.3 is 5.73 Å². The van der Waals surface area contributed by atoms with Gasteiger partial charge in [0.15, 0.2) is 0 Å². The second kappa shape index (κ2) is 2.99. The smallest absolute Gasteiger partial charge is 0.0620 e. The van der Waals surface area contributed by atoms with E-state index in [2.05, 4.69) is 16.9 Å². The predicted molar refractivity (Wildman–Crippen MR) is 49.3 cm³/mol. The molecule has 1 aliphatic heterocycles. The van der Waals surface area contributed by atoms with Crippen molar-refractivity contribution in [1.29, 1.82) is 0 Å². The van der Waals surface area contributed by atoms with Crippen molar-refractivity contribution < 1.29 is 0 Å². The fourth-order valence-corrected chi connectivity index (χ4v) is 2.41. The first-order chi connectivity index (χ1) is 5.85. The van der Waals surface area contributed by atoms with Gasteiger partial charge in [-0.1, -0.05) is 12.3 Å². The molecule has 2 N–H and O–H groups in total. The largest absolute Gasteiger partial charge is 0.359 e. The first-order valence-electron chi connectivity index (χ1n) is 4.76. The molecule has 1 aliphatic carbocycles. The predicted octanol–water partition coefficient (Wildman–Crippen LogP) is 0.782. The lowest BCUT2D eigenvalue weighted by molar-refractivity contribution is 0.143. The van der Waals surface area contributed by atoms with E-state index in [1.807, 2.05) is 0 Å². The van der Waals surface area contributed by atoms with Crippen molar-refractivity contribution in [2.75, 3.05) is 19.6 Å². The van der Waals surface area contributed by atoms with Gasteiger partial charge in [-0.25, -0.2) is 0 Å². The molecular formula is C10H16N2. The molecule has 0 aromatic carbocycles. The molecule has 1 saturated heterocycles. The average Bonchev–Trinajstić information content (AvgIpc) is 2.44. The maximum absolute atomic E-state index is 5.13. The molecular weight excluding hydrogens is 148 g/mol. The number of hydrogen-bond donors (Lipinski definition) is 1. The molecule has 12 heavy (non-hydrogen) atoms. The zero-order valence-corrected chi connectivity index (χ0v) is 7.47. The Morgan fingerprint density at radius 1 is 1.33 bits per heavy atom. The van der Waals surface area contributed by atoms with Crippen LogP contribution in [0.1, 0.15) is 25.7 Å². The second-order valence-electron chi connectivity index (χ2n) is 4.14. The van der Waals surface area contributed by atoms with Crippen LogP contribution in [0.15, 0.2) is 0 Å². The number of likely N-dealkylation sites (tertiary alicyclic amines) is 1. The molecule has 1 saturated carbocycles. The van der Waals surface area contributed by atoms with Crippen LogP contribution in [0.3, 0.4) is 0 Å². The first kappa shape index (κ1) is 7.94. The Bertz CT molecular complexity index is 220. The van der Waals surface area contributed by atoms with E-state index in [1.165, 1.54) is 38.8 Å². The van der Waals surface area contributed by atoms with Gasteiger partial charge in [0.2, 0.25) is 0 Å². The molecule has 2 fully saturated rings. The Kier molecular flexibility index (Phi) is 1.98. The normalized spacial score (nSPS) is 26.3. The molecule has 2 nitrogen and oxygen atoms in total. The van der Waals surface area contributed by atoms with Crippen molar-refractivity contribution in [2.24, 2.45) is 11.1 Å². The van der Waals surface area contributed by atoms with Crippen LogP contribution in [0, 0.1) is 17.4 Å². The van der Waals surface area contributed by atoms with E-state index in [1.54, 1.807) is 0 Å². The highest BCUT2D eigenvalue weighted by Crippen LogP contribution is 2.47. The van der Waals surface area contributed by atoms with Crippen LogP contribution < -0.4 is 5.73 Å². The van der Waals surface area contributed by atoms with E-state index in [0.717, 1.165) is 6.54 Å². The summed E-state index contributed by atoms with van der Waals surface area (Å²) in [4.78, 5) is 2.43. The van der Waals surface area contributed by atoms with Gasteiger partial charge in [-0.3, -0.25) is 4.90 Å². The van der Waals surface area contributed by atoms with Crippen molar-refractivity contribution in [3.63, 3.8) is 0 Å². The van der Waals surface area contributed by atoms with Gasteiger partial charge in [-0.2, -0.15) is 0 Å². The van der Waals surface area contributed by atoms with Crippen molar-refractivity contribution in [1.82, 2.24) is 4.90 Å². The van der Waals surface area contributed by atoms with Gasteiger partial charge in [0.25, 0.3) is 0 Å². The summed E-state index contributed by atoms with van der Waals surface area (Å²) >= 11 is 0. The summed E-state index contributed by atoms with van der Waals surface area (Å²) in [5.41, 5.74) is 5.84. The van der Waals surface area contributed by atoms with Crippen molar-refractivity contribution in [3.8, 4) is 12.0 Å². The molecule has 0 unspecified atom stereocenters. The minimum atomic E-state index is 0.705. The Hall–Kier alpha value is -0.680. The third kappa shape index (κ3) is 1.30. The zero-order chi connectivity index (χ0) is 8.44. The van der Waals surface area contributed by atoms with E-state index in [4.69, 9.17) is 5.73 Å². The summed E-state index contributed by atoms with van der Waals surface area (Å²) < 4.78 is 0. The quantitative estimate of drug-likeness (QED) is 0.458. The van der Waals surface area contributed by atoms with Gasteiger partial charge in [0.05, 0.1) is 6.54 Å². The number of nitrogens with zero attached hydrogens (tertiary/aromatic N) is 1. The van der Waals surface area contributed by atoms with Gasteiger partial charge in [-0.15, -0.1) is 0 Å². The summed E-state index contributed by atoms with van der Waals surface area (Å²) in [6.45, 7) is 3.37. The van der Waals surface area contributed by atoms with Gasteiger partial charge in [-0.05, 0) is 31.2 Å². The first-order valence-corrected chi connectivity index (χ1v) is 4.76. The topological polar surface area (TPSA) is 29.3 Å². The molecule has 2 rings (SSSR count). The molecule has 0 amide bonds. The van der Waals surface area contributed by atoms with Gasteiger partial charge >= 0.3 is 0 Å². The number of rotatable bonds is 1. The third-order valence-electron chi connectivity index (χ3n) is 3.34. The maximum Gasteiger partial charge on any atom is 0.0620 e. The van der Waals surface area contributed by atoms with Crippen LogP contribution in [0.4, 0.5) is 0 Å². The summed E-state index contributed by atoms with van der Waals surface area (Å²) in [6.07, 6.45) is 5.72. The van der Waals surface area contributed by atoms with Gasteiger partial charge in [0.1, 0.15) is 0 Å². The maximum atomic E-state index is 5.13. The molecule has 0 aromatic heterocycles. The second-order valence-corrected chi connectivity index (χ2v) is 4.14. The highest BCUT2D eigenvalue weighted by atomic mass is 15.2. The van der Waals surface area contributed by atoms with Crippen LogP contribution in [0.5, 0.6) is 0 Å². The molecule has 0 atom stereocenters. The van der Waals surface area contributed by atoms with E-state index < -0.39 is 0 Å². The zero-order valence-electron chi connectivity index (χ0n) is 7.47. The van der Waals surface area contributed by atoms with Crippen molar-refractivity contribution in [2.45, 2.75) is 25.7 Å². The van der Waals surface area contributed by atoms with Crippen molar-refractivity contribution >= 4 is 0 Å². The molecule has 2 aliphatic rings. The van der Waals surface area contributed by atoms with Crippen LogP contribution in [0.2, 0.25) is 0 Å². The molecule has 0 bridgehead atoms. The lowest BCUT2D eigenvalue weighted by Crippen LogP contribution is -2.33. The summed E-state index contributed by atoms with van der Waals surface area (Å²) in [5.74, 6) is 2.93. The Labute approximate surface area is 74.1 Å². The number of nitrogens with two attached hydrogens (primary N) is 1. The third-order valence-corrected chi connectivity index (χ3v) is 3.34. The molecule has 0 radical (unpaired) electrons. The summed E-state index contributed by atoms with van der Waals surface area (Å²) in [6, 6.07) is 2.47. The van der Waals surface area contributed by atoms with E-state index in [-0.39, 0.29) is 0 Å². The lowest BCUT2D eigenvalue weighted by Gasteiger charge is -2.38. The SMILES string of the molecule is NC#CCN1CCC2(CCC2)C1. The fraction of sp³-hybridized carbons (Fsp3) is 0.800. The highest BCUT2D eigenvalue weighted by molar-refractivity contribution is 5.02. The summed E-state index contributed by atoms with van der Waals surface area (Å²) in [7, 11) is 0. The van der Waals surface area contributed by atoms with Crippen LogP contribution in [-0.4, -0.2) is 24.5 Å². The van der Waals surface area contributed by atoms with Crippen LogP contribution in [0.25, 0.3) is 0 Å². The standard InChI is InChI=1S/C10H16N2/c11-6-2-7-12-8-5-10(9-12)3-1-4-10/h1,3-5,7-9,11H2. The Morgan fingerprint density at radius 3 is 2.67 bits per heavy atom. The van der Waals surface area contributed by atoms with Gasteiger partial charge in [0, 0.05) is 12.6 Å². The minimum Gasteiger partial charge on any atom is -0.359 e.